The van der Waals surface area contributed by atoms with Crippen LogP contribution in [0.2, 0.25) is 0 Å². The Morgan fingerprint density at radius 3 is 1.44 bits per heavy atom. The summed E-state index contributed by atoms with van der Waals surface area (Å²) in [7, 11) is 0. The zero-order valence-corrected chi connectivity index (χ0v) is 16.6. The summed E-state index contributed by atoms with van der Waals surface area (Å²) < 4.78 is 9.12. The van der Waals surface area contributed by atoms with Gasteiger partial charge in [0.25, 0.3) is 0 Å². The van der Waals surface area contributed by atoms with Gasteiger partial charge in [0, 0.05) is 0 Å². The summed E-state index contributed by atoms with van der Waals surface area (Å²) in [5.74, 6) is -1.13. The molecule has 0 aromatic carbocycles. The third-order valence-corrected chi connectivity index (χ3v) is 5.78. The second kappa shape index (κ2) is 9.29. The molecule has 0 radical (unpaired) electrons. The minimum atomic E-state index is -0.304. The molecular formula is C21H30O6. The molecule has 2 aliphatic heterocycles. The van der Waals surface area contributed by atoms with Gasteiger partial charge in [-0.1, -0.05) is 52.7 Å². The molecule has 0 spiro atoms. The molecule has 2 saturated carbocycles. The number of allylic oxidation sites excluding steroid dienone is 2. The minimum absolute atomic E-state index is 0.101. The number of cyclic esters (lactones) is 4. The van der Waals surface area contributed by atoms with E-state index in [2.05, 4.69) is 9.47 Å². The molecule has 6 atom stereocenters. The van der Waals surface area contributed by atoms with Crippen LogP contribution >= 0.6 is 0 Å². The molecule has 3 aliphatic carbocycles. The average Bonchev–Trinajstić information content (AvgIpc) is 3.45. The Hall–Kier alpha value is -1.98. The molecule has 2 heterocycles. The normalized spacial score (nSPS) is 36.9. The highest BCUT2D eigenvalue weighted by Gasteiger charge is 2.57. The maximum atomic E-state index is 11.2. The van der Waals surface area contributed by atoms with Crippen LogP contribution in [0.4, 0.5) is 0 Å². The predicted octanol–water partition coefficient (Wildman–Crippen LogP) is 3.44. The first kappa shape index (κ1) is 21.3. The first-order chi connectivity index (χ1) is 13.1. The number of ether oxygens (including phenoxy) is 2. The first-order valence-corrected chi connectivity index (χ1v) is 10.3. The van der Waals surface area contributed by atoms with Gasteiger partial charge in [0.2, 0.25) is 0 Å². The van der Waals surface area contributed by atoms with E-state index in [0.717, 1.165) is 32.1 Å². The van der Waals surface area contributed by atoms with Crippen LogP contribution in [0.5, 0.6) is 0 Å². The molecule has 2 bridgehead atoms. The molecule has 2 saturated heterocycles. The van der Waals surface area contributed by atoms with Gasteiger partial charge in [-0.2, -0.15) is 0 Å². The molecule has 0 amide bonds. The van der Waals surface area contributed by atoms with Crippen LogP contribution in [-0.4, -0.2) is 23.9 Å². The van der Waals surface area contributed by atoms with Gasteiger partial charge in [-0.25, -0.2) is 0 Å². The summed E-state index contributed by atoms with van der Waals surface area (Å²) in [5, 5.41) is 0. The lowest BCUT2D eigenvalue weighted by atomic mass is 9.81. The van der Waals surface area contributed by atoms with Crippen molar-refractivity contribution in [2.45, 2.75) is 59.8 Å². The Morgan fingerprint density at radius 1 is 0.667 bits per heavy atom. The van der Waals surface area contributed by atoms with Crippen molar-refractivity contribution in [1.82, 2.24) is 0 Å². The lowest BCUT2D eigenvalue weighted by Crippen LogP contribution is -2.21. The Kier molecular flexibility index (Phi) is 7.33. The Balaban J connectivity index is 0.000000165. The third kappa shape index (κ3) is 3.99. The molecule has 6 heteroatoms. The number of fused-ring (bicyclic) bond motifs is 6. The standard InChI is InChI=1S/C9H8O3.C8H10O3.2C2H6/c10-8-6-4-1-2-5(3-4)7(6)9(11)12-8;9-7-5-3-1-2-4-6(5)8(10)11-7;2*1-2/h1-2,4-7H,3H2;5-6H,1-4H2;2*1-2H3. The lowest BCUT2D eigenvalue weighted by molar-refractivity contribution is -0.156. The smallest absolute Gasteiger partial charge is 0.318 e. The molecule has 5 rings (SSSR count). The summed E-state index contributed by atoms with van der Waals surface area (Å²) in [6.45, 7) is 8.00. The Morgan fingerprint density at radius 2 is 1.04 bits per heavy atom. The van der Waals surface area contributed by atoms with Crippen molar-refractivity contribution in [1.29, 1.82) is 0 Å². The fourth-order valence-electron chi connectivity index (χ4n) is 4.65. The SMILES string of the molecule is CC.CC.O=C1OC(=O)C2C3C=CC(C3)C12.O=C1OC(=O)C2CCCCC12. The van der Waals surface area contributed by atoms with Crippen LogP contribution in [0.25, 0.3) is 0 Å². The second-order valence-corrected chi connectivity index (χ2v) is 6.98. The van der Waals surface area contributed by atoms with Crippen LogP contribution in [-0.2, 0) is 28.7 Å². The van der Waals surface area contributed by atoms with E-state index in [1.165, 1.54) is 0 Å². The van der Waals surface area contributed by atoms with E-state index in [4.69, 9.17) is 0 Å². The number of hydrogen-bond acceptors (Lipinski definition) is 6. The zero-order valence-electron chi connectivity index (χ0n) is 16.6. The van der Waals surface area contributed by atoms with Crippen LogP contribution in [0.1, 0.15) is 59.8 Å². The molecule has 4 fully saturated rings. The monoisotopic (exact) mass is 378 g/mol. The van der Waals surface area contributed by atoms with Crippen molar-refractivity contribution >= 4 is 23.9 Å². The van der Waals surface area contributed by atoms with Crippen molar-refractivity contribution in [3.05, 3.63) is 12.2 Å². The largest absolute Gasteiger partial charge is 0.393 e. The molecule has 0 aromatic heterocycles. The molecule has 6 unspecified atom stereocenters. The van der Waals surface area contributed by atoms with Crippen molar-refractivity contribution < 1.29 is 28.7 Å². The van der Waals surface area contributed by atoms with Gasteiger partial charge < -0.3 is 9.47 Å². The van der Waals surface area contributed by atoms with Crippen molar-refractivity contribution in [2.24, 2.45) is 35.5 Å². The number of esters is 4. The third-order valence-electron chi connectivity index (χ3n) is 5.78. The van der Waals surface area contributed by atoms with E-state index < -0.39 is 0 Å². The van der Waals surface area contributed by atoms with E-state index in [-0.39, 0.29) is 59.4 Å². The highest BCUT2D eigenvalue weighted by atomic mass is 16.6. The Labute approximate surface area is 160 Å². The molecular weight excluding hydrogens is 348 g/mol. The van der Waals surface area contributed by atoms with Crippen LogP contribution in [0, 0.1) is 35.5 Å². The average molecular weight is 378 g/mol. The highest BCUT2D eigenvalue weighted by Crippen LogP contribution is 2.51. The summed E-state index contributed by atoms with van der Waals surface area (Å²) in [6, 6.07) is 0. The number of carbonyl (C=O) groups excluding carboxylic acids is 4. The van der Waals surface area contributed by atoms with Crippen LogP contribution < -0.4 is 0 Å². The topological polar surface area (TPSA) is 86.7 Å². The van der Waals surface area contributed by atoms with Gasteiger partial charge in [-0.05, 0) is 31.1 Å². The predicted molar refractivity (Wildman–Crippen MR) is 98.1 cm³/mol. The van der Waals surface area contributed by atoms with Crippen molar-refractivity contribution in [2.75, 3.05) is 0 Å². The van der Waals surface area contributed by atoms with Crippen molar-refractivity contribution in [3.63, 3.8) is 0 Å². The molecule has 27 heavy (non-hydrogen) atoms. The van der Waals surface area contributed by atoms with Crippen LogP contribution in [0.15, 0.2) is 12.2 Å². The van der Waals surface area contributed by atoms with E-state index in [9.17, 15) is 19.2 Å². The van der Waals surface area contributed by atoms with Gasteiger partial charge in [0.1, 0.15) is 0 Å². The summed E-state index contributed by atoms with van der Waals surface area (Å²) in [5.41, 5.74) is 0. The van der Waals surface area contributed by atoms with E-state index >= 15 is 0 Å². The van der Waals surface area contributed by atoms with E-state index in [1.54, 1.807) is 0 Å². The fraction of sp³-hybridized carbons (Fsp3) is 0.714. The van der Waals surface area contributed by atoms with Gasteiger partial charge in [-0.15, -0.1) is 0 Å². The van der Waals surface area contributed by atoms with Gasteiger partial charge in [0.05, 0.1) is 23.7 Å². The van der Waals surface area contributed by atoms with Gasteiger partial charge in [-0.3, -0.25) is 19.2 Å². The minimum Gasteiger partial charge on any atom is -0.393 e. The Bertz CT molecular complexity index is 572. The first-order valence-electron chi connectivity index (χ1n) is 10.3. The second-order valence-electron chi connectivity index (χ2n) is 6.98. The molecule has 5 aliphatic rings. The summed E-state index contributed by atoms with van der Waals surface area (Å²) >= 11 is 0. The number of hydrogen-bond donors (Lipinski definition) is 0. The van der Waals surface area contributed by atoms with Crippen LogP contribution in [0.3, 0.4) is 0 Å². The quantitative estimate of drug-likeness (QED) is 0.365. The maximum absolute atomic E-state index is 11.2. The fourth-order valence-corrected chi connectivity index (χ4v) is 4.65. The lowest BCUT2D eigenvalue weighted by Gasteiger charge is -2.18. The molecule has 0 N–H and O–H groups in total. The summed E-state index contributed by atoms with van der Waals surface area (Å²) in [4.78, 5) is 44.3. The molecule has 0 aromatic rings. The highest BCUT2D eigenvalue weighted by molar-refractivity contribution is 5.98. The van der Waals surface area contributed by atoms with Gasteiger partial charge in [0.15, 0.2) is 0 Å². The number of carbonyl (C=O) groups is 4. The molecule has 150 valence electrons. The van der Waals surface area contributed by atoms with Gasteiger partial charge >= 0.3 is 23.9 Å². The number of rotatable bonds is 0. The molecule has 6 nitrogen and oxygen atoms in total. The van der Waals surface area contributed by atoms with E-state index in [0.29, 0.717) is 0 Å². The van der Waals surface area contributed by atoms with E-state index in [1.807, 2.05) is 39.8 Å². The maximum Gasteiger partial charge on any atom is 0.318 e. The summed E-state index contributed by atoms with van der Waals surface area (Å²) in [6.07, 6.45) is 8.87. The van der Waals surface area contributed by atoms with Crippen molar-refractivity contribution in [3.8, 4) is 0 Å². The zero-order chi connectivity index (χ0) is 20.1.